The van der Waals surface area contributed by atoms with Crippen LogP contribution in [0.25, 0.3) is 0 Å². The van der Waals surface area contributed by atoms with Gasteiger partial charge in [0.1, 0.15) is 0 Å². The quantitative estimate of drug-likeness (QED) is 0.681. The van der Waals surface area contributed by atoms with E-state index < -0.39 is 0 Å². The number of hydrazone groups is 1. The van der Waals surface area contributed by atoms with E-state index in [1.165, 1.54) is 44.8 Å². The number of furan rings is 1. The zero-order valence-corrected chi connectivity index (χ0v) is 12.5. The molecule has 21 heavy (non-hydrogen) atoms. The fraction of sp³-hybridized carbons (Fsp3) is 0.647. The van der Waals surface area contributed by atoms with Crippen LogP contribution in [0, 0.1) is 23.2 Å². The molecular formula is C17H22N2O2. The summed E-state index contributed by atoms with van der Waals surface area (Å²) in [5.41, 5.74) is 4.03. The van der Waals surface area contributed by atoms with Crippen molar-refractivity contribution in [3.05, 3.63) is 24.2 Å². The van der Waals surface area contributed by atoms with Crippen molar-refractivity contribution in [3.8, 4) is 0 Å². The summed E-state index contributed by atoms with van der Waals surface area (Å²) in [6.45, 7) is 2.09. The number of carbonyl (C=O) groups excluding carboxylic acids is 1. The summed E-state index contributed by atoms with van der Waals surface area (Å²) in [5.74, 6) is 2.73. The van der Waals surface area contributed by atoms with Crippen LogP contribution in [0.15, 0.2) is 27.9 Å². The van der Waals surface area contributed by atoms with E-state index in [9.17, 15) is 4.79 Å². The number of amides is 1. The van der Waals surface area contributed by atoms with Gasteiger partial charge in [0.2, 0.25) is 0 Å². The Labute approximate surface area is 125 Å². The molecule has 1 aromatic rings. The second-order valence-corrected chi connectivity index (χ2v) is 7.31. The molecule has 1 heterocycles. The number of rotatable bonds is 3. The Bertz CT molecular complexity index is 538. The molecule has 0 radical (unpaired) electrons. The van der Waals surface area contributed by atoms with Gasteiger partial charge in [0.15, 0.2) is 5.76 Å². The zero-order valence-electron chi connectivity index (χ0n) is 12.5. The molecule has 1 aromatic heterocycles. The number of hydrogen-bond donors (Lipinski definition) is 1. The SMILES string of the molecule is C/C(=N/NC(=O)c1ccco1)C12CC3CC(CC(C3)C1)C2. The highest BCUT2D eigenvalue weighted by Gasteiger charge is 2.52. The lowest BCUT2D eigenvalue weighted by Crippen LogP contribution is -2.49. The minimum atomic E-state index is -0.260. The third-order valence-electron chi connectivity index (χ3n) is 5.88. The number of hydrogen-bond acceptors (Lipinski definition) is 3. The average Bonchev–Trinajstić information content (AvgIpc) is 2.97. The van der Waals surface area contributed by atoms with Crippen molar-refractivity contribution in [2.24, 2.45) is 28.3 Å². The molecule has 4 fully saturated rings. The fourth-order valence-electron chi connectivity index (χ4n) is 5.27. The Morgan fingerprint density at radius 2 is 1.86 bits per heavy atom. The van der Waals surface area contributed by atoms with E-state index >= 15 is 0 Å². The zero-order chi connectivity index (χ0) is 14.4. The van der Waals surface area contributed by atoms with Crippen LogP contribution in [0.3, 0.4) is 0 Å². The molecule has 0 aliphatic heterocycles. The van der Waals surface area contributed by atoms with Crippen LogP contribution in [-0.4, -0.2) is 11.6 Å². The predicted molar refractivity (Wildman–Crippen MR) is 79.9 cm³/mol. The maximum atomic E-state index is 11.9. The summed E-state index contributed by atoms with van der Waals surface area (Å²) < 4.78 is 5.10. The summed E-state index contributed by atoms with van der Waals surface area (Å²) >= 11 is 0. The lowest BCUT2D eigenvalue weighted by Gasteiger charge is -2.56. The molecule has 0 saturated heterocycles. The number of nitrogens with zero attached hydrogens (tertiary/aromatic N) is 1. The van der Waals surface area contributed by atoms with Crippen LogP contribution in [0.1, 0.15) is 56.0 Å². The highest BCUT2D eigenvalue weighted by atomic mass is 16.3. The standard InChI is InChI=1S/C17H22N2O2/c1-11(18-19-16(20)15-3-2-4-21-15)17-8-12-5-13(9-17)7-14(6-12)10-17/h2-4,12-14H,5-10H2,1H3,(H,19,20)/b18-11-. The van der Waals surface area contributed by atoms with Gasteiger partial charge in [-0.1, -0.05) is 0 Å². The van der Waals surface area contributed by atoms with Gasteiger partial charge in [-0.15, -0.1) is 0 Å². The molecule has 4 heteroatoms. The van der Waals surface area contributed by atoms with Crippen molar-refractivity contribution in [2.75, 3.05) is 0 Å². The number of nitrogens with one attached hydrogen (secondary N) is 1. The largest absolute Gasteiger partial charge is 0.459 e. The molecule has 4 saturated carbocycles. The van der Waals surface area contributed by atoms with E-state index in [-0.39, 0.29) is 11.3 Å². The molecule has 5 rings (SSSR count). The first kappa shape index (κ1) is 13.1. The van der Waals surface area contributed by atoms with Gasteiger partial charge in [-0.25, -0.2) is 5.43 Å². The second kappa shape index (κ2) is 4.72. The monoisotopic (exact) mass is 286 g/mol. The van der Waals surface area contributed by atoms with Crippen LogP contribution in [0.2, 0.25) is 0 Å². The minimum absolute atomic E-state index is 0.255. The fourth-order valence-corrected chi connectivity index (χ4v) is 5.27. The van der Waals surface area contributed by atoms with Crippen molar-refractivity contribution in [3.63, 3.8) is 0 Å². The van der Waals surface area contributed by atoms with Crippen molar-refractivity contribution in [1.29, 1.82) is 0 Å². The van der Waals surface area contributed by atoms with Crippen molar-refractivity contribution in [2.45, 2.75) is 45.4 Å². The molecule has 4 aliphatic rings. The van der Waals surface area contributed by atoms with E-state index in [1.807, 2.05) is 0 Å². The molecule has 4 bridgehead atoms. The molecule has 0 unspecified atom stereocenters. The highest BCUT2D eigenvalue weighted by molar-refractivity contribution is 5.94. The first-order chi connectivity index (χ1) is 10.1. The number of carbonyl (C=O) groups is 1. The van der Waals surface area contributed by atoms with Gasteiger partial charge in [-0.3, -0.25) is 4.79 Å². The van der Waals surface area contributed by atoms with Crippen LogP contribution in [0.4, 0.5) is 0 Å². The maximum absolute atomic E-state index is 11.9. The Kier molecular flexibility index (Phi) is 2.95. The van der Waals surface area contributed by atoms with E-state index in [0.717, 1.165) is 23.5 Å². The van der Waals surface area contributed by atoms with Crippen LogP contribution in [-0.2, 0) is 0 Å². The first-order valence-electron chi connectivity index (χ1n) is 8.03. The van der Waals surface area contributed by atoms with Gasteiger partial charge in [-0.2, -0.15) is 5.10 Å². The molecule has 4 aliphatic carbocycles. The Morgan fingerprint density at radius 3 is 2.38 bits per heavy atom. The topological polar surface area (TPSA) is 54.6 Å². The third kappa shape index (κ3) is 2.21. The molecule has 0 atom stereocenters. The molecule has 1 N–H and O–H groups in total. The summed E-state index contributed by atoms with van der Waals surface area (Å²) in [6, 6.07) is 3.37. The molecule has 4 nitrogen and oxygen atoms in total. The van der Waals surface area contributed by atoms with Crippen molar-refractivity contribution >= 4 is 11.6 Å². The summed E-state index contributed by atoms with van der Waals surface area (Å²) in [7, 11) is 0. The minimum Gasteiger partial charge on any atom is -0.459 e. The first-order valence-corrected chi connectivity index (χ1v) is 8.03. The summed E-state index contributed by atoms with van der Waals surface area (Å²) in [6.07, 6.45) is 9.58. The van der Waals surface area contributed by atoms with E-state index in [1.54, 1.807) is 12.1 Å². The second-order valence-electron chi connectivity index (χ2n) is 7.31. The molecule has 112 valence electrons. The Hall–Kier alpha value is -1.58. The Balaban J connectivity index is 1.50. The van der Waals surface area contributed by atoms with E-state index in [4.69, 9.17) is 4.42 Å². The van der Waals surface area contributed by atoms with Crippen molar-refractivity contribution in [1.82, 2.24) is 5.43 Å². The van der Waals surface area contributed by atoms with Gasteiger partial charge in [0, 0.05) is 11.1 Å². The van der Waals surface area contributed by atoms with E-state index in [2.05, 4.69) is 17.5 Å². The van der Waals surface area contributed by atoms with Gasteiger partial charge in [0.25, 0.3) is 0 Å². The lowest BCUT2D eigenvalue weighted by atomic mass is 9.48. The normalized spacial score (nSPS) is 37.8. The highest BCUT2D eigenvalue weighted by Crippen LogP contribution is 2.60. The van der Waals surface area contributed by atoms with Gasteiger partial charge in [0.05, 0.1) is 6.26 Å². The van der Waals surface area contributed by atoms with E-state index in [0.29, 0.717) is 5.76 Å². The van der Waals surface area contributed by atoms with Gasteiger partial charge < -0.3 is 4.42 Å². The molecular weight excluding hydrogens is 264 g/mol. The Morgan fingerprint density at radius 1 is 1.24 bits per heavy atom. The molecule has 0 spiro atoms. The smallest absolute Gasteiger partial charge is 0.307 e. The summed E-state index contributed by atoms with van der Waals surface area (Å²) in [4.78, 5) is 11.9. The predicted octanol–water partition coefficient (Wildman–Crippen LogP) is 3.60. The average molecular weight is 286 g/mol. The third-order valence-corrected chi connectivity index (χ3v) is 5.88. The lowest BCUT2D eigenvalue weighted by molar-refractivity contribution is -0.0128. The molecule has 0 aromatic carbocycles. The van der Waals surface area contributed by atoms with Crippen LogP contribution < -0.4 is 5.43 Å². The van der Waals surface area contributed by atoms with Crippen molar-refractivity contribution < 1.29 is 9.21 Å². The van der Waals surface area contributed by atoms with Gasteiger partial charge >= 0.3 is 5.91 Å². The maximum Gasteiger partial charge on any atom is 0.307 e. The van der Waals surface area contributed by atoms with Crippen LogP contribution in [0.5, 0.6) is 0 Å². The van der Waals surface area contributed by atoms with Crippen LogP contribution >= 0.6 is 0 Å². The molecule has 1 amide bonds. The van der Waals surface area contributed by atoms with Gasteiger partial charge in [-0.05, 0) is 75.3 Å². The summed E-state index contributed by atoms with van der Waals surface area (Å²) in [5, 5.41) is 4.43.